The molecule has 15 heteroatoms. The zero-order chi connectivity index (χ0) is 33.1. The number of nitrogens with zero attached hydrogens (tertiary/aromatic N) is 2. The minimum Gasteiger partial charge on any atom is -0.495 e. The van der Waals surface area contributed by atoms with Gasteiger partial charge in [-0.3, -0.25) is 23.9 Å². The summed E-state index contributed by atoms with van der Waals surface area (Å²) in [6, 6.07) is 18.0. The number of rotatable bonds is 11. The normalized spacial score (nSPS) is 11.5. The average molecular weight is 673 g/mol. The Balaban J connectivity index is 1.62. The molecule has 4 aromatic carbocycles. The largest absolute Gasteiger partial charge is 0.495 e. The molecule has 0 fully saturated rings. The summed E-state index contributed by atoms with van der Waals surface area (Å²) in [5.74, 6) is -0.728. The van der Waals surface area contributed by atoms with Gasteiger partial charge in [0, 0.05) is 28.0 Å². The van der Waals surface area contributed by atoms with E-state index in [1.165, 1.54) is 68.6 Å². The molecule has 1 amide bonds. The van der Waals surface area contributed by atoms with E-state index in [0.29, 0.717) is 5.69 Å². The molecule has 2 N–H and O–H groups in total. The molecule has 0 heterocycles. The van der Waals surface area contributed by atoms with Crippen LogP contribution in [-0.4, -0.2) is 41.3 Å². The van der Waals surface area contributed by atoms with Crippen LogP contribution in [0, 0.1) is 30.9 Å². The molecule has 236 valence electrons. The minimum atomic E-state index is -4.58. The number of nitro benzene ring substituents is 1. The average Bonchev–Trinajstić information content (AvgIpc) is 2.98. The van der Waals surface area contributed by atoms with Gasteiger partial charge in [0.05, 0.1) is 27.5 Å². The maximum atomic E-state index is 13.9. The lowest BCUT2D eigenvalue weighted by Gasteiger charge is -2.26. The lowest BCUT2D eigenvalue weighted by atomic mass is 10.1. The minimum absolute atomic E-state index is 0.0624. The van der Waals surface area contributed by atoms with E-state index in [1.807, 2.05) is 13.8 Å². The van der Waals surface area contributed by atoms with Crippen LogP contribution in [0.5, 0.6) is 5.75 Å². The van der Waals surface area contributed by atoms with E-state index in [9.17, 15) is 31.7 Å². The van der Waals surface area contributed by atoms with Crippen LogP contribution < -0.4 is 19.1 Å². The summed E-state index contributed by atoms with van der Waals surface area (Å²) in [7, 11) is -7.22. The van der Waals surface area contributed by atoms with Crippen molar-refractivity contribution in [1.29, 1.82) is 0 Å². The number of hydrogen-bond acceptors (Lipinski definition) is 8. The van der Waals surface area contributed by atoms with Crippen LogP contribution in [0.1, 0.15) is 16.7 Å². The maximum absolute atomic E-state index is 13.9. The first kappa shape index (κ1) is 33.2. The molecule has 12 nitrogen and oxygen atoms in total. The summed E-state index contributed by atoms with van der Waals surface area (Å²) in [6.07, 6.45) is 0. The number of ether oxygens (including phenoxy) is 1. The summed E-state index contributed by atoms with van der Waals surface area (Å²) >= 11 is 6.16. The van der Waals surface area contributed by atoms with E-state index < -0.39 is 48.0 Å². The summed E-state index contributed by atoms with van der Waals surface area (Å²) in [4.78, 5) is 23.6. The lowest BCUT2D eigenvalue weighted by molar-refractivity contribution is -0.385. The molecule has 0 atom stereocenters. The van der Waals surface area contributed by atoms with Crippen molar-refractivity contribution in [2.45, 2.75) is 30.6 Å². The SMILES string of the molecule is COc1ccc(Cl)cc1N(CC(=O)Nc1ccc(S(=O)(=O)Nc2ccc(C)c(C)c2)cc1)S(=O)(=O)c1ccc(C)c([N+](=O)[O-])c1. The standard InChI is InChI=1S/C30H29ClN4O8S2/c1-19-5-8-24(15-21(19)3)33-44(39,40)25-12-9-23(10-13-25)32-30(36)18-34(28-16-22(31)7-14-29(28)43-4)45(41,42)26-11-6-20(2)27(17-26)35(37)38/h5-17,33H,18H2,1-4H3,(H,32,36). The number of aryl methyl sites for hydroxylation is 3. The second-order valence-corrected chi connectivity index (χ2v) is 14.0. The van der Waals surface area contributed by atoms with Crippen molar-refractivity contribution >= 4 is 60.3 Å². The molecule has 4 rings (SSSR count). The Hall–Kier alpha value is -4.66. The van der Waals surface area contributed by atoms with Crippen LogP contribution in [0.25, 0.3) is 0 Å². The van der Waals surface area contributed by atoms with Crippen molar-refractivity contribution in [3.63, 3.8) is 0 Å². The molecule has 0 unspecified atom stereocenters. The first-order chi connectivity index (χ1) is 21.1. The predicted molar refractivity (Wildman–Crippen MR) is 172 cm³/mol. The van der Waals surface area contributed by atoms with Crippen molar-refractivity contribution < 1.29 is 31.3 Å². The molecular formula is C30H29ClN4O8S2. The molecule has 0 aliphatic rings. The molecule has 0 spiro atoms. The number of sulfonamides is 2. The molecule has 0 bridgehead atoms. The third-order valence-corrected chi connectivity index (χ3v) is 10.3. The van der Waals surface area contributed by atoms with Crippen LogP contribution in [-0.2, 0) is 24.8 Å². The molecule has 0 aliphatic carbocycles. The molecular weight excluding hydrogens is 644 g/mol. The van der Waals surface area contributed by atoms with Gasteiger partial charge in [0.1, 0.15) is 12.3 Å². The third-order valence-electron chi connectivity index (χ3n) is 6.87. The van der Waals surface area contributed by atoms with Gasteiger partial charge in [-0.1, -0.05) is 23.7 Å². The van der Waals surface area contributed by atoms with Crippen molar-refractivity contribution in [3.05, 3.63) is 111 Å². The Morgan fingerprint density at radius 1 is 0.844 bits per heavy atom. The lowest BCUT2D eigenvalue weighted by Crippen LogP contribution is -2.38. The Bertz CT molecular complexity index is 2000. The number of carbonyl (C=O) groups excluding carboxylic acids is 1. The number of hydrogen-bond donors (Lipinski definition) is 2. The van der Waals surface area contributed by atoms with Crippen LogP contribution in [0.2, 0.25) is 5.02 Å². The third kappa shape index (κ3) is 7.53. The number of anilines is 3. The summed E-state index contributed by atoms with van der Waals surface area (Å²) in [6.45, 7) is 4.46. The van der Waals surface area contributed by atoms with Crippen LogP contribution >= 0.6 is 11.6 Å². The monoisotopic (exact) mass is 672 g/mol. The molecule has 0 saturated heterocycles. The van der Waals surface area contributed by atoms with Gasteiger partial charge in [-0.2, -0.15) is 0 Å². The van der Waals surface area contributed by atoms with Crippen LogP contribution in [0.15, 0.2) is 88.7 Å². The second-order valence-electron chi connectivity index (χ2n) is 10.0. The Morgan fingerprint density at radius 3 is 2.09 bits per heavy atom. The van der Waals surface area contributed by atoms with Gasteiger partial charge < -0.3 is 10.1 Å². The fourth-order valence-corrected chi connectivity index (χ4v) is 6.96. The van der Waals surface area contributed by atoms with Crippen molar-refractivity contribution in [2.75, 3.05) is 28.0 Å². The quantitative estimate of drug-likeness (QED) is 0.149. The first-order valence-electron chi connectivity index (χ1n) is 13.2. The Morgan fingerprint density at radius 2 is 1.47 bits per heavy atom. The number of amides is 1. The number of nitro groups is 1. The number of halogens is 1. The van der Waals surface area contributed by atoms with Crippen molar-refractivity contribution in [1.82, 2.24) is 0 Å². The molecule has 0 radical (unpaired) electrons. The highest BCUT2D eigenvalue weighted by molar-refractivity contribution is 7.93. The second kappa shape index (κ2) is 13.1. The van der Waals surface area contributed by atoms with E-state index in [1.54, 1.807) is 18.2 Å². The van der Waals surface area contributed by atoms with E-state index in [2.05, 4.69) is 10.0 Å². The fourth-order valence-electron chi connectivity index (χ4n) is 4.30. The molecule has 0 aliphatic heterocycles. The van der Waals surface area contributed by atoms with Gasteiger partial charge in [0.15, 0.2) is 0 Å². The summed E-state index contributed by atoms with van der Waals surface area (Å²) < 4.78 is 62.2. The smallest absolute Gasteiger partial charge is 0.273 e. The Kier molecular flexibility index (Phi) is 9.71. The zero-order valence-corrected chi connectivity index (χ0v) is 27.0. The number of benzene rings is 4. The number of nitrogens with one attached hydrogen (secondary N) is 2. The molecule has 0 saturated carbocycles. The number of methoxy groups -OCH3 is 1. The van der Waals surface area contributed by atoms with E-state index in [4.69, 9.17) is 16.3 Å². The summed E-state index contributed by atoms with van der Waals surface area (Å²) in [5, 5.41) is 14.2. The molecule has 0 aromatic heterocycles. The van der Waals surface area contributed by atoms with E-state index in [0.717, 1.165) is 21.5 Å². The predicted octanol–water partition coefficient (Wildman–Crippen LogP) is 5.82. The van der Waals surface area contributed by atoms with Gasteiger partial charge in [-0.15, -0.1) is 0 Å². The van der Waals surface area contributed by atoms with Gasteiger partial charge in [-0.25, -0.2) is 16.8 Å². The van der Waals surface area contributed by atoms with Gasteiger partial charge in [-0.05, 0) is 92.6 Å². The maximum Gasteiger partial charge on any atom is 0.273 e. The van der Waals surface area contributed by atoms with E-state index >= 15 is 0 Å². The van der Waals surface area contributed by atoms with Crippen LogP contribution in [0.3, 0.4) is 0 Å². The highest BCUT2D eigenvalue weighted by atomic mass is 35.5. The Labute approximate surface area is 265 Å². The zero-order valence-electron chi connectivity index (χ0n) is 24.6. The van der Waals surface area contributed by atoms with Crippen LogP contribution in [0.4, 0.5) is 22.7 Å². The molecule has 4 aromatic rings. The highest BCUT2D eigenvalue weighted by Crippen LogP contribution is 2.36. The first-order valence-corrected chi connectivity index (χ1v) is 16.5. The van der Waals surface area contributed by atoms with E-state index in [-0.39, 0.29) is 32.6 Å². The topological polar surface area (TPSA) is 165 Å². The van der Waals surface area contributed by atoms with Gasteiger partial charge >= 0.3 is 0 Å². The van der Waals surface area contributed by atoms with Crippen molar-refractivity contribution in [2.24, 2.45) is 0 Å². The highest BCUT2D eigenvalue weighted by Gasteiger charge is 2.31. The van der Waals surface area contributed by atoms with Crippen molar-refractivity contribution in [3.8, 4) is 5.75 Å². The number of carbonyl (C=O) groups is 1. The fraction of sp³-hybridized carbons (Fsp3) is 0.167. The molecule has 45 heavy (non-hydrogen) atoms. The van der Waals surface area contributed by atoms with Gasteiger partial charge in [0.25, 0.3) is 25.7 Å². The summed E-state index contributed by atoms with van der Waals surface area (Å²) in [5.41, 5.74) is 2.26. The van der Waals surface area contributed by atoms with Gasteiger partial charge in [0.2, 0.25) is 5.91 Å².